The maximum absolute atomic E-state index is 11.5. The van der Waals surface area contributed by atoms with Crippen molar-refractivity contribution >= 4 is 21.8 Å². The molecular weight excluding hydrogens is 294 g/mol. The van der Waals surface area contributed by atoms with Crippen LogP contribution in [-0.2, 0) is 10.0 Å². The molecule has 0 aromatic heterocycles. The van der Waals surface area contributed by atoms with E-state index in [9.17, 15) is 8.42 Å². The van der Waals surface area contributed by atoms with Gasteiger partial charge in [0.15, 0.2) is 0 Å². The normalized spacial score (nSPS) is 11.3. The fourth-order valence-corrected chi connectivity index (χ4v) is 3.05. The van der Waals surface area contributed by atoms with Crippen molar-refractivity contribution in [3.63, 3.8) is 0 Å². The predicted molar refractivity (Wildman–Crippen MR) is 80.8 cm³/mol. The molecule has 20 heavy (non-hydrogen) atoms. The molecule has 0 fully saturated rings. The summed E-state index contributed by atoms with van der Waals surface area (Å²) in [4.78, 5) is 1.13. The summed E-state index contributed by atoms with van der Waals surface area (Å²) in [7, 11) is -3.81. The van der Waals surface area contributed by atoms with E-state index in [4.69, 9.17) is 9.88 Å². The molecule has 0 spiro atoms. The number of sulfonamides is 1. The largest absolute Gasteiger partial charge is 0.456 e. The number of hydrogen-bond donors (Lipinski definition) is 1. The maximum Gasteiger partial charge on any atom is 0.241 e. The lowest BCUT2D eigenvalue weighted by atomic mass is 10.2. The molecule has 0 saturated carbocycles. The summed E-state index contributed by atoms with van der Waals surface area (Å²) < 4.78 is 28.7. The highest BCUT2D eigenvalue weighted by atomic mass is 32.2. The molecule has 0 radical (unpaired) electrons. The number of nitrogens with two attached hydrogens (primary N) is 1. The van der Waals surface area contributed by atoms with Gasteiger partial charge in [-0.2, -0.15) is 0 Å². The first-order chi connectivity index (χ1) is 9.41. The van der Waals surface area contributed by atoms with E-state index >= 15 is 0 Å². The molecule has 2 aromatic carbocycles. The van der Waals surface area contributed by atoms with Crippen LogP contribution < -0.4 is 9.88 Å². The number of primary sulfonamides is 1. The van der Waals surface area contributed by atoms with Gasteiger partial charge in [0.1, 0.15) is 16.4 Å². The van der Waals surface area contributed by atoms with Crippen LogP contribution in [0.2, 0.25) is 0 Å². The lowest BCUT2D eigenvalue weighted by Crippen LogP contribution is -2.13. The van der Waals surface area contributed by atoms with E-state index in [1.54, 1.807) is 36.0 Å². The third kappa shape index (κ3) is 3.33. The minimum Gasteiger partial charge on any atom is -0.456 e. The molecule has 0 amide bonds. The number of para-hydroxylation sites is 1. The second kappa shape index (κ2) is 5.87. The summed E-state index contributed by atoms with van der Waals surface area (Å²) in [5.74, 6) is 0.808. The molecule has 2 rings (SSSR count). The average Bonchev–Trinajstić information content (AvgIpc) is 2.38. The zero-order chi connectivity index (χ0) is 14.8. The van der Waals surface area contributed by atoms with Crippen molar-refractivity contribution in [2.24, 2.45) is 5.14 Å². The van der Waals surface area contributed by atoms with Crippen molar-refractivity contribution in [2.45, 2.75) is 16.7 Å². The molecule has 6 heteroatoms. The SMILES string of the molecule is CSc1ccc(Oc2ccccc2S(N)(=O)=O)cc1C. The molecule has 0 atom stereocenters. The monoisotopic (exact) mass is 309 g/mol. The predicted octanol–water partition coefficient (Wildman–Crippen LogP) is 3.16. The molecule has 0 aliphatic carbocycles. The minimum atomic E-state index is -3.81. The van der Waals surface area contributed by atoms with Crippen molar-refractivity contribution in [1.29, 1.82) is 0 Å². The lowest BCUT2D eigenvalue weighted by molar-refractivity contribution is 0.467. The van der Waals surface area contributed by atoms with Crippen LogP contribution >= 0.6 is 11.8 Å². The Bertz CT molecular complexity index is 727. The summed E-state index contributed by atoms with van der Waals surface area (Å²) >= 11 is 1.65. The zero-order valence-corrected chi connectivity index (χ0v) is 12.8. The van der Waals surface area contributed by atoms with Gasteiger partial charge in [-0.25, -0.2) is 13.6 Å². The molecule has 0 saturated heterocycles. The number of thioether (sulfide) groups is 1. The van der Waals surface area contributed by atoms with E-state index in [0.29, 0.717) is 5.75 Å². The third-order valence-electron chi connectivity index (χ3n) is 2.75. The number of ether oxygens (including phenoxy) is 1. The standard InChI is InChI=1S/C14H15NO3S2/c1-10-9-11(7-8-13(10)19-2)18-12-5-3-4-6-14(12)20(15,16)17/h3-9H,1-2H3,(H2,15,16,17). The number of hydrogen-bond acceptors (Lipinski definition) is 4. The molecule has 4 nitrogen and oxygen atoms in total. The van der Waals surface area contributed by atoms with Crippen molar-refractivity contribution in [3.8, 4) is 11.5 Å². The topological polar surface area (TPSA) is 69.4 Å². The van der Waals surface area contributed by atoms with E-state index in [1.165, 1.54) is 6.07 Å². The van der Waals surface area contributed by atoms with E-state index < -0.39 is 10.0 Å². The first-order valence-electron chi connectivity index (χ1n) is 5.86. The van der Waals surface area contributed by atoms with E-state index in [2.05, 4.69) is 0 Å². The van der Waals surface area contributed by atoms with Gasteiger partial charge in [-0.1, -0.05) is 12.1 Å². The Morgan fingerprint density at radius 1 is 1.15 bits per heavy atom. The summed E-state index contributed by atoms with van der Waals surface area (Å²) in [5.41, 5.74) is 1.07. The van der Waals surface area contributed by atoms with E-state index in [-0.39, 0.29) is 10.6 Å². The highest BCUT2D eigenvalue weighted by molar-refractivity contribution is 7.98. The van der Waals surface area contributed by atoms with Crippen molar-refractivity contribution < 1.29 is 13.2 Å². The highest BCUT2D eigenvalue weighted by Crippen LogP contribution is 2.30. The summed E-state index contributed by atoms with van der Waals surface area (Å²) in [6.45, 7) is 1.98. The van der Waals surface area contributed by atoms with Gasteiger partial charge in [0, 0.05) is 4.90 Å². The fraction of sp³-hybridized carbons (Fsp3) is 0.143. The van der Waals surface area contributed by atoms with Crippen LogP contribution in [0.3, 0.4) is 0 Å². The molecule has 0 unspecified atom stereocenters. The molecule has 0 heterocycles. The number of aryl methyl sites for hydroxylation is 1. The van der Waals surface area contributed by atoms with Crippen LogP contribution in [0, 0.1) is 6.92 Å². The Balaban J connectivity index is 2.38. The molecular formula is C14H15NO3S2. The Kier molecular flexibility index (Phi) is 4.37. The first-order valence-corrected chi connectivity index (χ1v) is 8.63. The van der Waals surface area contributed by atoms with Crippen LogP contribution in [-0.4, -0.2) is 14.7 Å². The lowest BCUT2D eigenvalue weighted by Gasteiger charge is -2.11. The Labute approximate surface area is 123 Å². The summed E-state index contributed by atoms with van der Waals surface area (Å²) in [5, 5.41) is 5.18. The van der Waals surface area contributed by atoms with Gasteiger partial charge in [0.25, 0.3) is 0 Å². The van der Waals surface area contributed by atoms with E-state index in [1.807, 2.05) is 25.3 Å². The van der Waals surface area contributed by atoms with Crippen molar-refractivity contribution in [2.75, 3.05) is 6.26 Å². The third-order valence-corrected chi connectivity index (χ3v) is 4.60. The van der Waals surface area contributed by atoms with Crippen LogP contribution in [0.5, 0.6) is 11.5 Å². The van der Waals surface area contributed by atoms with Gasteiger partial charge in [0.2, 0.25) is 10.0 Å². The van der Waals surface area contributed by atoms with Crippen molar-refractivity contribution in [3.05, 3.63) is 48.0 Å². The molecule has 2 N–H and O–H groups in total. The van der Waals surface area contributed by atoms with Gasteiger partial charge >= 0.3 is 0 Å². The number of rotatable bonds is 4. The molecule has 0 bridgehead atoms. The second-order valence-electron chi connectivity index (χ2n) is 4.23. The van der Waals surface area contributed by atoms with Crippen LogP contribution in [0.1, 0.15) is 5.56 Å². The molecule has 0 aliphatic heterocycles. The summed E-state index contributed by atoms with van der Waals surface area (Å²) in [6, 6.07) is 11.9. The highest BCUT2D eigenvalue weighted by Gasteiger charge is 2.15. The zero-order valence-electron chi connectivity index (χ0n) is 11.2. The Hall–Kier alpha value is -1.50. The van der Waals surface area contributed by atoms with Crippen LogP contribution in [0.4, 0.5) is 0 Å². The van der Waals surface area contributed by atoms with Gasteiger partial charge in [-0.05, 0) is 49.1 Å². The van der Waals surface area contributed by atoms with Gasteiger partial charge < -0.3 is 4.74 Å². The van der Waals surface area contributed by atoms with Gasteiger partial charge in [-0.3, -0.25) is 0 Å². The fourth-order valence-electron chi connectivity index (χ4n) is 1.81. The van der Waals surface area contributed by atoms with Gasteiger partial charge in [-0.15, -0.1) is 11.8 Å². The molecule has 0 aliphatic rings. The van der Waals surface area contributed by atoms with Gasteiger partial charge in [0.05, 0.1) is 0 Å². The Morgan fingerprint density at radius 2 is 1.85 bits per heavy atom. The number of benzene rings is 2. The van der Waals surface area contributed by atoms with Crippen LogP contribution in [0.25, 0.3) is 0 Å². The molecule has 106 valence electrons. The first kappa shape index (κ1) is 14.9. The smallest absolute Gasteiger partial charge is 0.241 e. The maximum atomic E-state index is 11.5. The summed E-state index contributed by atoms with van der Waals surface area (Å²) in [6.07, 6.45) is 2.00. The second-order valence-corrected chi connectivity index (χ2v) is 6.60. The molecule has 2 aromatic rings. The average molecular weight is 309 g/mol. The quantitative estimate of drug-likeness (QED) is 0.881. The van der Waals surface area contributed by atoms with Crippen LogP contribution in [0.15, 0.2) is 52.3 Å². The Morgan fingerprint density at radius 3 is 2.45 bits per heavy atom. The van der Waals surface area contributed by atoms with E-state index in [0.717, 1.165) is 10.5 Å². The minimum absolute atomic E-state index is 0.0217. The van der Waals surface area contributed by atoms with Crippen molar-refractivity contribution in [1.82, 2.24) is 0 Å².